The van der Waals surface area contributed by atoms with Crippen LogP contribution in [0.25, 0.3) is 0 Å². The van der Waals surface area contributed by atoms with Gasteiger partial charge in [0.15, 0.2) is 0 Å². The number of likely N-dealkylation sites (tertiary alicyclic amines) is 1. The van der Waals surface area contributed by atoms with Crippen LogP contribution in [0.3, 0.4) is 0 Å². The van der Waals surface area contributed by atoms with Crippen molar-refractivity contribution >= 4 is 5.91 Å². The van der Waals surface area contributed by atoms with Crippen molar-refractivity contribution in [2.24, 2.45) is 11.7 Å². The summed E-state index contributed by atoms with van der Waals surface area (Å²) in [7, 11) is 0. The van der Waals surface area contributed by atoms with Gasteiger partial charge >= 0.3 is 0 Å². The SMILES string of the molecule is CC(N)C1CCCN(CC(=O)NC2CCCC2)C1. The number of amides is 1. The van der Waals surface area contributed by atoms with Crippen LogP contribution in [0.5, 0.6) is 0 Å². The number of piperidine rings is 1. The first-order chi connectivity index (χ1) is 8.65. The number of nitrogens with zero attached hydrogens (tertiary/aromatic N) is 1. The molecule has 1 amide bonds. The molecule has 1 aliphatic carbocycles. The molecule has 1 aliphatic heterocycles. The quantitative estimate of drug-likeness (QED) is 0.789. The van der Waals surface area contributed by atoms with E-state index in [1.165, 1.54) is 25.7 Å². The Labute approximate surface area is 110 Å². The molecular weight excluding hydrogens is 226 g/mol. The monoisotopic (exact) mass is 253 g/mol. The zero-order valence-corrected chi connectivity index (χ0v) is 11.5. The van der Waals surface area contributed by atoms with E-state index >= 15 is 0 Å². The van der Waals surface area contributed by atoms with Crippen molar-refractivity contribution < 1.29 is 4.79 Å². The van der Waals surface area contributed by atoms with E-state index in [4.69, 9.17) is 5.73 Å². The van der Waals surface area contributed by atoms with Crippen molar-refractivity contribution in [2.45, 2.75) is 57.5 Å². The predicted octanol–water partition coefficient (Wildman–Crippen LogP) is 1.10. The Morgan fingerprint density at radius 2 is 2.06 bits per heavy atom. The zero-order chi connectivity index (χ0) is 13.0. The van der Waals surface area contributed by atoms with E-state index in [0.29, 0.717) is 18.5 Å². The largest absolute Gasteiger partial charge is 0.352 e. The number of hydrogen-bond donors (Lipinski definition) is 2. The topological polar surface area (TPSA) is 58.4 Å². The molecular formula is C14H27N3O. The van der Waals surface area contributed by atoms with Crippen LogP contribution in [0, 0.1) is 5.92 Å². The Hall–Kier alpha value is -0.610. The van der Waals surface area contributed by atoms with Gasteiger partial charge in [-0.15, -0.1) is 0 Å². The fourth-order valence-corrected chi connectivity index (χ4v) is 3.21. The molecule has 2 unspecified atom stereocenters. The molecule has 1 heterocycles. The first-order valence-corrected chi connectivity index (χ1v) is 7.42. The van der Waals surface area contributed by atoms with Gasteiger partial charge in [-0.1, -0.05) is 12.8 Å². The molecule has 2 aliphatic rings. The molecule has 4 nitrogen and oxygen atoms in total. The second-order valence-corrected chi connectivity index (χ2v) is 6.05. The van der Waals surface area contributed by atoms with Gasteiger partial charge in [0.1, 0.15) is 0 Å². The second kappa shape index (κ2) is 6.53. The van der Waals surface area contributed by atoms with Crippen LogP contribution in [0.1, 0.15) is 45.4 Å². The van der Waals surface area contributed by atoms with Gasteiger partial charge in [-0.05, 0) is 45.1 Å². The van der Waals surface area contributed by atoms with Crippen LogP contribution in [0.4, 0.5) is 0 Å². The summed E-state index contributed by atoms with van der Waals surface area (Å²) in [6.45, 7) is 4.66. The fraction of sp³-hybridized carbons (Fsp3) is 0.929. The van der Waals surface area contributed by atoms with Gasteiger partial charge < -0.3 is 11.1 Å². The lowest BCUT2D eigenvalue weighted by molar-refractivity contribution is -0.123. The first-order valence-electron chi connectivity index (χ1n) is 7.42. The second-order valence-electron chi connectivity index (χ2n) is 6.05. The maximum absolute atomic E-state index is 12.0. The maximum Gasteiger partial charge on any atom is 0.234 e. The molecule has 3 N–H and O–H groups in total. The highest BCUT2D eigenvalue weighted by molar-refractivity contribution is 5.78. The summed E-state index contributed by atoms with van der Waals surface area (Å²) in [6.07, 6.45) is 7.23. The third kappa shape index (κ3) is 3.95. The molecule has 0 radical (unpaired) electrons. The van der Waals surface area contributed by atoms with Crippen LogP contribution in [0.15, 0.2) is 0 Å². The summed E-state index contributed by atoms with van der Waals surface area (Å²) in [4.78, 5) is 14.2. The summed E-state index contributed by atoms with van der Waals surface area (Å²) < 4.78 is 0. The first kappa shape index (κ1) is 13.8. The van der Waals surface area contributed by atoms with Gasteiger partial charge in [0.25, 0.3) is 0 Å². The molecule has 0 aromatic rings. The third-order valence-corrected chi connectivity index (χ3v) is 4.37. The molecule has 0 aromatic heterocycles. The van der Waals surface area contributed by atoms with Crippen molar-refractivity contribution in [3.8, 4) is 0 Å². The number of nitrogens with one attached hydrogen (secondary N) is 1. The van der Waals surface area contributed by atoms with Crippen LogP contribution in [-0.4, -0.2) is 42.5 Å². The number of carbonyl (C=O) groups excluding carboxylic acids is 1. The maximum atomic E-state index is 12.0. The smallest absolute Gasteiger partial charge is 0.234 e. The molecule has 2 rings (SSSR count). The molecule has 1 saturated carbocycles. The Morgan fingerprint density at radius 3 is 2.72 bits per heavy atom. The van der Waals surface area contributed by atoms with Crippen LogP contribution in [-0.2, 0) is 4.79 Å². The van der Waals surface area contributed by atoms with E-state index < -0.39 is 0 Å². The third-order valence-electron chi connectivity index (χ3n) is 4.37. The Kier molecular flexibility index (Phi) is 5.01. The van der Waals surface area contributed by atoms with E-state index in [-0.39, 0.29) is 11.9 Å². The molecule has 18 heavy (non-hydrogen) atoms. The van der Waals surface area contributed by atoms with Crippen LogP contribution in [0.2, 0.25) is 0 Å². The van der Waals surface area contributed by atoms with E-state index in [0.717, 1.165) is 25.9 Å². The summed E-state index contributed by atoms with van der Waals surface area (Å²) in [5, 5.41) is 3.16. The minimum Gasteiger partial charge on any atom is -0.352 e. The molecule has 4 heteroatoms. The minimum atomic E-state index is 0.201. The van der Waals surface area contributed by atoms with Crippen molar-refractivity contribution in [2.75, 3.05) is 19.6 Å². The van der Waals surface area contributed by atoms with Gasteiger partial charge in [-0.3, -0.25) is 9.69 Å². The lowest BCUT2D eigenvalue weighted by Gasteiger charge is -2.34. The Balaban J connectivity index is 1.72. The standard InChI is InChI=1S/C14H27N3O/c1-11(15)12-5-4-8-17(9-12)10-14(18)16-13-6-2-3-7-13/h11-13H,2-10,15H2,1H3,(H,16,18). The summed E-state index contributed by atoms with van der Waals surface area (Å²) in [5.41, 5.74) is 5.96. The van der Waals surface area contributed by atoms with Crippen molar-refractivity contribution in [3.05, 3.63) is 0 Å². The van der Waals surface area contributed by atoms with E-state index in [1.807, 2.05) is 0 Å². The highest BCUT2D eigenvalue weighted by Crippen LogP contribution is 2.19. The van der Waals surface area contributed by atoms with E-state index in [9.17, 15) is 4.79 Å². The lowest BCUT2D eigenvalue weighted by atomic mass is 9.92. The van der Waals surface area contributed by atoms with Crippen molar-refractivity contribution in [1.82, 2.24) is 10.2 Å². The van der Waals surface area contributed by atoms with Gasteiger partial charge in [0.05, 0.1) is 6.54 Å². The lowest BCUT2D eigenvalue weighted by Crippen LogP contribution is -2.47. The molecule has 0 aromatic carbocycles. The summed E-state index contributed by atoms with van der Waals surface area (Å²) in [6, 6.07) is 0.678. The molecule has 104 valence electrons. The average Bonchev–Trinajstić information content (AvgIpc) is 2.82. The molecule has 0 bridgehead atoms. The van der Waals surface area contributed by atoms with Crippen LogP contribution >= 0.6 is 0 Å². The fourth-order valence-electron chi connectivity index (χ4n) is 3.21. The minimum absolute atomic E-state index is 0.201. The van der Waals surface area contributed by atoms with Crippen LogP contribution < -0.4 is 11.1 Å². The number of nitrogens with two attached hydrogens (primary N) is 1. The predicted molar refractivity (Wildman–Crippen MR) is 73.2 cm³/mol. The van der Waals surface area contributed by atoms with E-state index in [2.05, 4.69) is 17.1 Å². The normalized spacial score (nSPS) is 28.2. The van der Waals surface area contributed by atoms with Gasteiger partial charge in [-0.25, -0.2) is 0 Å². The Morgan fingerprint density at radius 1 is 1.33 bits per heavy atom. The zero-order valence-electron chi connectivity index (χ0n) is 11.5. The van der Waals surface area contributed by atoms with Crippen molar-refractivity contribution in [1.29, 1.82) is 0 Å². The van der Waals surface area contributed by atoms with Gasteiger partial charge in [-0.2, -0.15) is 0 Å². The number of hydrogen-bond acceptors (Lipinski definition) is 3. The summed E-state index contributed by atoms with van der Waals surface area (Å²) >= 11 is 0. The van der Waals surface area contributed by atoms with Gasteiger partial charge in [0.2, 0.25) is 5.91 Å². The summed E-state index contributed by atoms with van der Waals surface area (Å²) in [5.74, 6) is 0.755. The Bertz CT molecular complexity index is 274. The number of carbonyl (C=O) groups is 1. The number of rotatable bonds is 4. The molecule has 1 saturated heterocycles. The van der Waals surface area contributed by atoms with Crippen molar-refractivity contribution in [3.63, 3.8) is 0 Å². The molecule has 2 fully saturated rings. The highest BCUT2D eigenvalue weighted by atomic mass is 16.2. The molecule has 0 spiro atoms. The van der Waals surface area contributed by atoms with E-state index in [1.54, 1.807) is 0 Å². The highest BCUT2D eigenvalue weighted by Gasteiger charge is 2.25. The van der Waals surface area contributed by atoms with Gasteiger partial charge in [0, 0.05) is 18.6 Å². The average molecular weight is 253 g/mol. The molecule has 2 atom stereocenters.